The fourth-order valence-electron chi connectivity index (χ4n) is 2.46. The molecule has 0 aliphatic carbocycles. The Kier molecular flexibility index (Phi) is 9.05. The lowest BCUT2D eigenvalue weighted by Gasteiger charge is -2.26. The van der Waals surface area contributed by atoms with Crippen LogP contribution in [0.5, 0.6) is 11.5 Å². The molecule has 2 unspecified atom stereocenters. The second-order valence-corrected chi connectivity index (χ2v) is 7.07. The van der Waals surface area contributed by atoms with Crippen LogP contribution < -0.4 is 14.8 Å². The van der Waals surface area contributed by atoms with Crippen LogP contribution in [0, 0.1) is 0 Å². The maximum absolute atomic E-state index is 12.3. The second kappa shape index (κ2) is 10.8. The van der Waals surface area contributed by atoms with E-state index >= 15 is 0 Å². The van der Waals surface area contributed by atoms with Crippen molar-refractivity contribution in [3.63, 3.8) is 0 Å². The van der Waals surface area contributed by atoms with Gasteiger partial charge in [-0.05, 0) is 58.7 Å². The number of carbonyl (C=O) groups excluding carboxylic acids is 2. The topological polar surface area (TPSA) is 103 Å². The van der Waals surface area contributed by atoms with Crippen LogP contribution in [0.1, 0.15) is 40.2 Å². The standard InChI is InChI=1S/C20H31NO7/c1-7-26-15-10-9-13(12-16(15)25-6)11-14(21-19(24)27-8-2)17(22)18(23)28-20(3,4)5/h9-10,12,14,17,22H,7-8,11H2,1-6H3,(H,21,24). The molecule has 0 bridgehead atoms. The van der Waals surface area contributed by atoms with Gasteiger partial charge in [-0.1, -0.05) is 6.07 Å². The maximum Gasteiger partial charge on any atom is 0.407 e. The van der Waals surface area contributed by atoms with Crippen molar-refractivity contribution >= 4 is 12.1 Å². The number of carbonyl (C=O) groups is 2. The lowest BCUT2D eigenvalue weighted by Crippen LogP contribution is -2.50. The molecular weight excluding hydrogens is 366 g/mol. The zero-order chi connectivity index (χ0) is 21.3. The van der Waals surface area contributed by atoms with Crippen molar-refractivity contribution in [3.05, 3.63) is 23.8 Å². The smallest absolute Gasteiger partial charge is 0.407 e. The van der Waals surface area contributed by atoms with Crippen molar-refractivity contribution in [1.82, 2.24) is 5.32 Å². The average molecular weight is 397 g/mol. The number of methoxy groups -OCH3 is 1. The van der Waals surface area contributed by atoms with E-state index in [4.69, 9.17) is 18.9 Å². The van der Waals surface area contributed by atoms with Crippen molar-refractivity contribution in [2.75, 3.05) is 20.3 Å². The quantitative estimate of drug-likeness (QED) is 0.617. The van der Waals surface area contributed by atoms with E-state index in [1.54, 1.807) is 45.9 Å². The van der Waals surface area contributed by atoms with Crippen LogP contribution in [0.15, 0.2) is 18.2 Å². The minimum absolute atomic E-state index is 0.155. The first-order chi connectivity index (χ1) is 13.1. The Morgan fingerprint density at radius 1 is 1.14 bits per heavy atom. The Bertz CT molecular complexity index is 654. The van der Waals surface area contributed by atoms with Gasteiger partial charge in [0.15, 0.2) is 17.6 Å². The molecule has 8 nitrogen and oxygen atoms in total. The van der Waals surface area contributed by atoms with Crippen LogP contribution in [-0.2, 0) is 20.7 Å². The van der Waals surface area contributed by atoms with Crippen molar-refractivity contribution < 1.29 is 33.6 Å². The summed E-state index contributed by atoms with van der Waals surface area (Å²) in [4.78, 5) is 24.2. The van der Waals surface area contributed by atoms with E-state index in [-0.39, 0.29) is 13.0 Å². The monoisotopic (exact) mass is 397 g/mol. The first-order valence-electron chi connectivity index (χ1n) is 9.25. The third-order valence-corrected chi connectivity index (χ3v) is 3.59. The highest BCUT2D eigenvalue weighted by atomic mass is 16.6. The van der Waals surface area contributed by atoms with Gasteiger partial charge in [-0.15, -0.1) is 0 Å². The summed E-state index contributed by atoms with van der Waals surface area (Å²) in [5, 5.41) is 13.0. The largest absolute Gasteiger partial charge is 0.493 e. The normalized spacial score (nSPS) is 13.2. The highest BCUT2D eigenvalue weighted by Gasteiger charge is 2.32. The molecule has 28 heavy (non-hydrogen) atoms. The summed E-state index contributed by atoms with van der Waals surface area (Å²) < 4.78 is 20.9. The molecule has 2 atom stereocenters. The van der Waals surface area contributed by atoms with Crippen molar-refractivity contribution in [2.45, 2.75) is 58.8 Å². The Hall–Kier alpha value is -2.48. The molecule has 0 heterocycles. The third kappa shape index (κ3) is 7.64. The number of benzene rings is 1. The minimum Gasteiger partial charge on any atom is -0.493 e. The van der Waals surface area contributed by atoms with Gasteiger partial charge in [0.25, 0.3) is 0 Å². The summed E-state index contributed by atoms with van der Waals surface area (Å²) >= 11 is 0. The number of esters is 1. The van der Waals surface area contributed by atoms with Gasteiger partial charge in [-0.3, -0.25) is 0 Å². The molecule has 0 saturated heterocycles. The minimum atomic E-state index is -1.57. The zero-order valence-corrected chi connectivity index (χ0v) is 17.4. The molecule has 1 amide bonds. The second-order valence-electron chi connectivity index (χ2n) is 7.07. The predicted octanol–water partition coefficient (Wildman–Crippen LogP) is 2.45. The molecular formula is C20H31NO7. The van der Waals surface area contributed by atoms with E-state index in [0.717, 1.165) is 5.56 Å². The molecule has 0 aliphatic heterocycles. The molecule has 2 N–H and O–H groups in total. The number of aliphatic hydroxyl groups excluding tert-OH is 1. The molecule has 0 fully saturated rings. The van der Waals surface area contributed by atoms with E-state index in [2.05, 4.69) is 5.32 Å². The van der Waals surface area contributed by atoms with Crippen LogP contribution in [-0.4, -0.2) is 55.2 Å². The summed E-state index contributed by atoms with van der Waals surface area (Å²) in [5.41, 5.74) is -0.0424. The van der Waals surface area contributed by atoms with Gasteiger partial charge in [0, 0.05) is 0 Å². The number of ether oxygens (including phenoxy) is 4. The molecule has 8 heteroatoms. The summed E-state index contributed by atoms with van der Waals surface area (Å²) in [6.45, 7) is 9.27. The van der Waals surface area contributed by atoms with Gasteiger partial charge in [0.2, 0.25) is 0 Å². The first kappa shape index (κ1) is 23.6. The van der Waals surface area contributed by atoms with Gasteiger partial charge in [0.05, 0.1) is 26.4 Å². The van der Waals surface area contributed by atoms with Crippen LogP contribution in [0.3, 0.4) is 0 Å². The van der Waals surface area contributed by atoms with Crippen molar-refractivity contribution in [3.8, 4) is 11.5 Å². The SMILES string of the molecule is CCOC(=O)NC(Cc1ccc(OCC)c(OC)c1)C(O)C(=O)OC(C)(C)C. The van der Waals surface area contributed by atoms with E-state index in [1.807, 2.05) is 6.92 Å². The maximum atomic E-state index is 12.3. The van der Waals surface area contributed by atoms with Gasteiger partial charge in [-0.25, -0.2) is 9.59 Å². The van der Waals surface area contributed by atoms with E-state index in [0.29, 0.717) is 18.1 Å². The fourth-order valence-corrected chi connectivity index (χ4v) is 2.46. The lowest BCUT2D eigenvalue weighted by atomic mass is 10.0. The van der Waals surface area contributed by atoms with Crippen molar-refractivity contribution in [1.29, 1.82) is 0 Å². The van der Waals surface area contributed by atoms with Gasteiger partial charge < -0.3 is 29.4 Å². The molecule has 0 aromatic heterocycles. The Morgan fingerprint density at radius 2 is 1.82 bits per heavy atom. The molecule has 0 aliphatic rings. The summed E-state index contributed by atoms with van der Waals surface area (Å²) in [5.74, 6) is 0.268. The third-order valence-electron chi connectivity index (χ3n) is 3.59. The highest BCUT2D eigenvalue weighted by Crippen LogP contribution is 2.28. The summed E-state index contributed by atoms with van der Waals surface area (Å²) in [6, 6.07) is 4.29. The Morgan fingerprint density at radius 3 is 2.36 bits per heavy atom. The molecule has 0 spiro atoms. The zero-order valence-electron chi connectivity index (χ0n) is 17.4. The number of aliphatic hydroxyl groups is 1. The van der Waals surface area contributed by atoms with Crippen molar-refractivity contribution in [2.24, 2.45) is 0 Å². The number of nitrogens with one attached hydrogen (secondary N) is 1. The van der Waals surface area contributed by atoms with E-state index < -0.39 is 29.8 Å². The van der Waals surface area contributed by atoms with Crippen LogP contribution in [0.25, 0.3) is 0 Å². The lowest BCUT2D eigenvalue weighted by molar-refractivity contribution is -0.166. The molecule has 1 rings (SSSR count). The predicted molar refractivity (Wildman–Crippen MR) is 104 cm³/mol. The number of hydrogen-bond donors (Lipinski definition) is 2. The average Bonchev–Trinajstić information content (AvgIpc) is 2.60. The fraction of sp³-hybridized carbons (Fsp3) is 0.600. The van der Waals surface area contributed by atoms with Gasteiger partial charge in [0.1, 0.15) is 5.60 Å². The first-order valence-corrected chi connectivity index (χ1v) is 9.25. The van der Waals surface area contributed by atoms with E-state index in [9.17, 15) is 14.7 Å². The summed E-state index contributed by atoms with van der Waals surface area (Å²) in [6.07, 6.45) is -2.14. The molecule has 1 aromatic carbocycles. The van der Waals surface area contributed by atoms with Crippen LogP contribution in [0.2, 0.25) is 0 Å². The van der Waals surface area contributed by atoms with Gasteiger partial charge >= 0.3 is 12.1 Å². The Labute approximate surface area is 166 Å². The Balaban J connectivity index is 3.05. The number of alkyl carbamates (subject to hydrolysis) is 1. The highest BCUT2D eigenvalue weighted by molar-refractivity contribution is 5.77. The molecule has 158 valence electrons. The summed E-state index contributed by atoms with van der Waals surface area (Å²) in [7, 11) is 1.52. The van der Waals surface area contributed by atoms with E-state index in [1.165, 1.54) is 7.11 Å². The molecule has 0 saturated carbocycles. The van der Waals surface area contributed by atoms with Crippen LogP contribution in [0.4, 0.5) is 4.79 Å². The molecule has 0 radical (unpaired) electrons. The number of amides is 1. The van der Waals surface area contributed by atoms with Gasteiger partial charge in [-0.2, -0.15) is 0 Å². The molecule has 1 aromatic rings. The van der Waals surface area contributed by atoms with Crippen LogP contribution >= 0.6 is 0 Å². The number of hydrogen-bond acceptors (Lipinski definition) is 7. The number of rotatable bonds is 9.